The second-order valence-corrected chi connectivity index (χ2v) is 7.01. The van der Waals surface area contributed by atoms with E-state index in [9.17, 15) is 9.59 Å². The molecule has 1 fully saturated rings. The lowest BCUT2D eigenvalue weighted by molar-refractivity contribution is 0.0999. The summed E-state index contributed by atoms with van der Waals surface area (Å²) in [6.07, 6.45) is 1.05. The summed E-state index contributed by atoms with van der Waals surface area (Å²) in [4.78, 5) is 25.3. The third-order valence-corrected chi connectivity index (χ3v) is 5.93. The van der Waals surface area contributed by atoms with Gasteiger partial charge in [0.15, 0.2) is 0 Å². The molecule has 1 aliphatic heterocycles. The number of thiophene rings is 1. The quantitative estimate of drug-likeness (QED) is 0.762. The summed E-state index contributed by atoms with van der Waals surface area (Å²) in [6, 6.07) is 0. The van der Waals surface area contributed by atoms with Crippen LogP contribution in [0.15, 0.2) is 0 Å². The van der Waals surface area contributed by atoms with E-state index in [-0.39, 0.29) is 16.1 Å². The van der Waals surface area contributed by atoms with Crippen molar-refractivity contribution in [2.24, 2.45) is 11.5 Å². The molecule has 1 aromatic heterocycles. The molecule has 1 atom stereocenters. The maximum Gasteiger partial charge on any atom is 0.260 e. The number of carbonyl (C=O) groups is 2. The molecule has 1 unspecified atom stereocenters. The van der Waals surface area contributed by atoms with Crippen molar-refractivity contribution in [1.82, 2.24) is 0 Å². The number of thioether (sulfide) groups is 1. The van der Waals surface area contributed by atoms with Crippen LogP contribution in [0.3, 0.4) is 0 Å². The monoisotopic (exact) mass is 314 g/mol. The number of nitrogens with two attached hydrogens (primary N) is 3. The highest BCUT2D eigenvalue weighted by Gasteiger charge is 2.29. The van der Waals surface area contributed by atoms with Crippen LogP contribution in [0.4, 0.5) is 10.7 Å². The molecule has 0 aliphatic carbocycles. The van der Waals surface area contributed by atoms with E-state index in [1.165, 1.54) is 0 Å². The molecule has 8 heteroatoms. The Morgan fingerprint density at radius 2 is 2.05 bits per heavy atom. The highest BCUT2D eigenvalue weighted by molar-refractivity contribution is 8.00. The van der Waals surface area contributed by atoms with E-state index in [1.807, 2.05) is 11.8 Å². The molecule has 0 bridgehead atoms. The minimum absolute atomic E-state index is 0.108. The number of hydrogen-bond acceptors (Lipinski definition) is 6. The summed E-state index contributed by atoms with van der Waals surface area (Å²) in [5, 5.41) is 1.17. The van der Waals surface area contributed by atoms with Gasteiger partial charge >= 0.3 is 0 Å². The minimum atomic E-state index is -0.625. The van der Waals surface area contributed by atoms with Crippen LogP contribution < -0.4 is 22.1 Å². The number of rotatable bonds is 4. The lowest BCUT2D eigenvalue weighted by Gasteiger charge is -2.33. The van der Waals surface area contributed by atoms with Crippen LogP contribution in [-0.2, 0) is 0 Å². The molecular weight excluding hydrogens is 296 g/mol. The normalized spacial score (nSPS) is 19.1. The molecule has 1 saturated heterocycles. The molecule has 2 rings (SSSR count). The number of amides is 2. The first kappa shape index (κ1) is 15.0. The summed E-state index contributed by atoms with van der Waals surface area (Å²) in [5.74, 6) is -0.271. The van der Waals surface area contributed by atoms with Gasteiger partial charge in [0.2, 0.25) is 0 Å². The summed E-state index contributed by atoms with van der Waals surface area (Å²) in [5.41, 5.74) is 16.9. The van der Waals surface area contributed by atoms with Gasteiger partial charge in [0.25, 0.3) is 11.8 Å². The number of nitrogens with zero attached hydrogens (tertiary/aromatic N) is 1. The van der Waals surface area contributed by atoms with Gasteiger partial charge in [0.05, 0.1) is 11.3 Å². The van der Waals surface area contributed by atoms with Crippen molar-refractivity contribution >= 4 is 45.6 Å². The highest BCUT2D eigenvalue weighted by atomic mass is 32.2. The summed E-state index contributed by atoms with van der Waals surface area (Å²) < 4.78 is 0. The fourth-order valence-corrected chi connectivity index (χ4v) is 4.52. The van der Waals surface area contributed by atoms with Gasteiger partial charge in [0, 0.05) is 24.1 Å². The first-order chi connectivity index (χ1) is 9.45. The molecule has 0 aromatic carbocycles. The van der Waals surface area contributed by atoms with Crippen molar-refractivity contribution in [3.05, 3.63) is 10.4 Å². The molecule has 1 aliphatic rings. The number of hydrogen-bond donors (Lipinski definition) is 3. The zero-order valence-corrected chi connectivity index (χ0v) is 12.9. The zero-order valence-electron chi connectivity index (χ0n) is 11.2. The van der Waals surface area contributed by atoms with Gasteiger partial charge in [-0.05, 0) is 6.42 Å². The number of carbonyl (C=O) groups excluding carboxylic acids is 2. The van der Waals surface area contributed by atoms with Gasteiger partial charge in [-0.25, -0.2) is 0 Å². The Balaban J connectivity index is 2.42. The molecule has 2 amide bonds. The predicted octanol–water partition coefficient (Wildman–Crippen LogP) is 0.860. The fourth-order valence-electron chi connectivity index (χ4n) is 2.23. The molecule has 0 radical (unpaired) electrons. The van der Waals surface area contributed by atoms with Crippen LogP contribution in [0.5, 0.6) is 0 Å². The van der Waals surface area contributed by atoms with Crippen LogP contribution in [0.25, 0.3) is 0 Å². The summed E-state index contributed by atoms with van der Waals surface area (Å²) in [6.45, 7) is 3.76. The van der Waals surface area contributed by atoms with Crippen molar-refractivity contribution in [2.75, 3.05) is 29.5 Å². The highest BCUT2D eigenvalue weighted by Crippen LogP contribution is 2.39. The van der Waals surface area contributed by atoms with Gasteiger partial charge in [-0.1, -0.05) is 6.92 Å². The smallest absolute Gasteiger partial charge is 0.260 e. The van der Waals surface area contributed by atoms with Crippen LogP contribution >= 0.6 is 23.1 Å². The lowest BCUT2D eigenvalue weighted by Crippen LogP contribution is -2.38. The molecule has 6 nitrogen and oxygen atoms in total. The van der Waals surface area contributed by atoms with Crippen LogP contribution in [0.2, 0.25) is 0 Å². The van der Waals surface area contributed by atoms with E-state index < -0.39 is 11.8 Å². The van der Waals surface area contributed by atoms with E-state index in [0.717, 1.165) is 36.6 Å². The standard InChI is InChI=1S/C12H18N4O2S2/c1-2-6-5-16(3-4-19-6)12-7(10(14)17)8(13)9(20-12)11(15)18/h6H,2-5,13H2,1H3,(H2,14,17)(H2,15,18). The summed E-state index contributed by atoms with van der Waals surface area (Å²) in [7, 11) is 0. The molecule has 0 saturated carbocycles. The van der Waals surface area contributed by atoms with E-state index in [1.54, 1.807) is 0 Å². The maximum atomic E-state index is 11.6. The SMILES string of the molecule is CCC1CN(c2sc(C(N)=O)c(N)c2C(N)=O)CCS1. The molecule has 1 aromatic rings. The maximum absolute atomic E-state index is 11.6. The fraction of sp³-hybridized carbons (Fsp3) is 0.500. The van der Waals surface area contributed by atoms with Crippen molar-refractivity contribution in [1.29, 1.82) is 0 Å². The molecule has 0 spiro atoms. The largest absolute Gasteiger partial charge is 0.397 e. The second-order valence-electron chi connectivity index (χ2n) is 4.60. The summed E-state index contributed by atoms with van der Waals surface area (Å²) >= 11 is 3.07. The molecule has 6 N–H and O–H groups in total. The van der Waals surface area contributed by atoms with Crippen molar-refractivity contribution < 1.29 is 9.59 Å². The number of nitrogen functional groups attached to an aromatic ring is 1. The van der Waals surface area contributed by atoms with Crippen molar-refractivity contribution in [3.8, 4) is 0 Å². The van der Waals surface area contributed by atoms with Crippen LogP contribution in [0.1, 0.15) is 33.4 Å². The molecule has 2 heterocycles. The second kappa shape index (κ2) is 5.92. The average Bonchev–Trinajstić information content (AvgIpc) is 2.76. The van der Waals surface area contributed by atoms with Crippen molar-refractivity contribution in [3.63, 3.8) is 0 Å². The Labute approximate surface area is 125 Å². The Morgan fingerprint density at radius 3 is 2.60 bits per heavy atom. The first-order valence-corrected chi connectivity index (χ1v) is 8.20. The zero-order chi connectivity index (χ0) is 14.9. The Kier molecular flexibility index (Phi) is 4.44. The van der Waals surface area contributed by atoms with E-state index >= 15 is 0 Å². The molecular formula is C12H18N4O2S2. The molecule has 110 valence electrons. The third kappa shape index (κ3) is 2.71. The van der Waals surface area contributed by atoms with Gasteiger partial charge in [0.1, 0.15) is 9.88 Å². The van der Waals surface area contributed by atoms with E-state index in [0.29, 0.717) is 10.3 Å². The van der Waals surface area contributed by atoms with Crippen LogP contribution in [0, 0.1) is 0 Å². The first-order valence-electron chi connectivity index (χ1n) is 6.34. The van der Waals surface area contributed by atoms with Crippen molar-refractivity contribution in [2.45, 2.75) is 18.6 Å². The number of anilines is 2. The van der Waals surface area contributed by atoms with Gasteiger partial charge in [-0.3, -0.25) is 9.59 Å². The molecule has 20 heavy (non-hydrogen) atoms. The Hall–Kier alpha value is -1.41. The van der Waals surface area contributed by atoms with E-state index in [2.05, 4.69) is 11.8 Å². The third-order valence-electron chi connectivity index (χ3n) is 3.28. The van der Waals surface area contributed by atoms with E-state index in [4.69, 9.17) is 17.2 Å². The number of primary amides is 2. The van der Waals surface area contributed by atoms with Crippen LogP contribution in [-0.4, -0.2) is 35.9 Å². The van der Waals surface area contributed by atoms with Gasteiger partial charge in [-0.15, -0.1) is 11.3 Å². The Bertz CT molecular complexity index is 544. The minimum Gasteiger partial charge on any atom is -0.397 e. The topological polar surface area (TPSA) is 115 Å². The average molecular weight is 314 g/mol. The Morgan fingerprint density at radius 1 is 1.35 bits per heavy atom. The van der Waals surface area contributed by atoms with Gasteiger partial charge in [-0.2, -0.15) is 11.8 Å². The van der Waals surface area contributed by atoms with Gasteiger partial charge < -0.3 is 22.1 Å². The predicted molar refractivity (Wildman–Crippen MR) is 84.5 cm³/mol. The lowest BCUT2D eigenvalue weighted by atomic mass is 10.2.